The minimum atomic E-state index is 0.588. The summed E-state index contributed by atoms with van der Waals surface area (Å²) < 4.78 is 0. The lowest BCUT2D eigenvalue weighted by molar-refractivity contribution is 1.04. The molecule has 3 rings (SSSR count). The lowest BCUT2D eigenvalue weighted by Gasteiger charge is -2.02. The molecule has 0 aromatic carbocycles. The van der Waals surface area contributed by atoms with Crippen LogP contribution < -0.4 is 0 Å². The van der Waals surface area contributed by atoms with E-state index >= 15 is 0 Å². The van der Waals surface area contributed by atoms with E-state index in [4.69, 9.17) is 5.26 Å². The second-order valence-corrected chi connectivity index (χ2v) is 4.84. The first-order valence-electron chi connectivity index (χ1n) is 5.47. The van der Waals surface area contributed by atoms with Crippen molar-refractivity contribution < 1.29 is 0 Å². The Morgan fingerprint density at radius 3 is 3.00 bits per heavy atom. The van der Waals surface area contributed by atoms with Gasteiger partial charge in [-0.25, -0.2) is 19.9 Å². The van der Waals surface area contributed by atoms with Crippen LogP contribution in [0, 0.1) is 18.3 Å². The normalized spacial score (nSPS) is 10.5. The van der Waals surface area contributed by atoms with Gasteiger partial charge in [0.1, 0.15) is 21.9 Å². The Morgan fingerprint density at radius 1 is 1.26 bits per heavy atom. The van der Waals surface area contributed by atoms with Gasteiger partial charge >= 0.3 is 0 Å². The van der Waals surface area contributed by atoms with Gasteiger partial charge in [-0.05, 0) is 30.8 Å². The minimum absolute atomic E-state index is 0.588. The van der Waals surface area contributed by atoms with E-state index < -0.39 is 0 Å². The van der Waals surface area contributed by atoms with Crippen molar-refractivity contribution in [1.82, 2.24) is 24.9 Å². The molecule has 0 amide bonds. The number of hydrogen-bond donors (Lipinski definition) is 1. The van der Waals surface area contributed by atoms with Gasteiger partial charge < -0.3 is 4.98 Å². The molecule has 3 aromatic rings. The maximum atomic E-state index is 8.96. The zero-order chi connectivity index (χ0) is 13.2. The molecule has 7 heteroatoms. The minimum Gasteiger partial charge on any atom is -0.341 e. The van der Waals surface area contributed by atoms with Gasteiger partial charge in [0.15, 0.2) is 5.65 Å². The van der Waals surface area contributed by atoms with Crippen LogP contribution in [-0.4, -0.2) is 24.9 Å². The molecule has 0 aliphatic heterocycles. The molecule has 19 heavy (non-hydrogen) atoms. The van der Waals surface area contributed by atoms with Gasteiger partial charge in [0.25, 0.3) is 0 Å². The van der Waals surface area contributed by atoms with E-state index in [-0.39, 0.29) is 0 Å². The smallest absolute Gasteiger partial charge is 0.181 e. The third-order valence-electron chi connectivity index (χ3n) is 2.45. The quantitative estimate of drug-likeness (QED) is 0.715. The number of nitriles is 1. The maximum absolute atomic E-state index is 8.96. The van der Waals surface area contributed by atoms with Gasteiger partial charge in [-0.1, -0.05) is 0 Å². The number of aryl methyl sites for hydroxylation is 1. The highest BCUT2D eigenvalue weighted by Gasteiger charge is 2.09. The molecule has 0 aliphatic carbocycles. The monoisotopic (exact) mass is 268 g/mol. The molecular weight excluding hydrogens is 260 g/mol. The molecule has 1 N–H and O–H groups in total. The zero-order valence-corrected chi connectivity index (χ0v) is 10.8. The number of H-pyrrole nitrogens is 1. The highest BCUT2D eigenvalue weighted by atomic mass is 32.2. The molecule has 0 saturated heterocycles. The SMILES string of the molecule is Cc1cc(C#N)cc(Sc2ncnc3nc[nH]c23)n1. The number of rotatable bonds is 2. The summed E-state index contributed by atoms with van der Waals surface area (Å²) in [6.07, 6.45) is 3.04. The largest absolute Gasteiger partial charge is 0.341 e. The van der Waals surface area contributed by atoms with Crippen LogP contribution in [-0.2, 0) is 0 Å². The summed E-state index contributed by atoms with van der Waals surface area (Å²) in [5, 5.41) is 10.4. The van der Waals surface area contributed by atoms with Crippen molar-refractivity contribution in [3.05, 3.63) is 36.0 Å². The highest BCUT2D eigenvalue weighted by molar-refractivity contribution is 7.99. The molecular formula is C12H8N6S. The number of fused-ring (bicyclic) bond motifs is 1. The Hall–Kier alpha value is -2.46. The number of aromatic nitrogens is 5. The van der Waals surface area contributed by atoms with Gasteiger partial charge in [0.05, 0.1) is 18.0 Å². The van der Waals surface area contributed by atoms with Gasteiger partial charge in [0, 0.05) is 5.69 Å². The first kappa shape index (κ1) is 11.6. The summed E-state index contributed by atoms with van der Waals surface area (Å²) in [5.41, 5.74) is 2.78. The van der Waals surface area contributed by atoms with Gasteiger partial charge in [0.2, 0.25) is 0 Å². The summed E-state index contributed by atoms with van der Waals surface area (Å²) in [6.45, 7) is 1.86. The molecule has 0 fully saturated rings. The van der Waals surface area contributed by atoms with E-state index in [9.17, 15) is 0 Å². The summed E-state index contributed by atoms with van der Waals surface area (Å²) in [6, 6.07) is 5.60. The van der Waals surface area contributed by atoms with Crippen LogP contribution in [0.25, 0.3) is 11.2 Å². The number of imidazole rings is 1. The molecule has 0 atom stereocenters. The Bertz CT molecular complexity index is 788. The molecule has 3 aromatic heterocycles. The number of nitrogens with one attached hydrogen (secondary N) is 1. The Labute approximate surface area is 113 Å². The molecule has 0 saturated carbocycles. The lowest BCUT2D eigenvalue weighted by Crippen LogP contribution is -1.90. The van der Waals surface area contributed by atoms with E-state index in [1.807, 2.05) is 6.92 Å². The van der Waals surface area contributed by atoms with Crippen LogP contribution in [0.5, 0.6) is 0 Å². The summed E-state index contributed by atoms with van der Waals surface area (Å²) in [4.78, 5) is 19.7. The first-order chi connectivity index (χ1) is 9.26. The number of aromatic amines is 1. The Balaban J connectivity index is 2.04. The van der Waals surface area contributed by atoms with Crippen LogP contribution >= 0.6 is 11.8 Å². The predicted octanol–water partition coefficient (Wildman–Crippen LogP) is 2.08. The summed E-state index contributed by atoms with van der Waals surface area (Å²) >= 11 is 1.38. The number of pyridine rings is 1. The Morgan fingerprint density at radius 2 is 2.16 bits per heavy atom. The first-order valence-corrected chi connectivity index (χ1v) is 6.28. The van der Waals surface area contributed by atoms with E-state index in [0.29, 0.717) is 11.2 Å². The van der Waals surface area contributed by atoms with Crippen molar-refractivity contribution >= 4 is 22.9 Å². The highest BCUT2D eigenvalue weighted by Crippen LogP contribution is 2.28. The average Bonchev–Trinajstić information content (AvgIpc) is 2.87. The van der Waals surface area contributed by atoms with E-state index in [1.54, 1.807) is 18.5 Å². The molecule has 92 valence electrons. The molecule has 0 spiro atoms. The third-order valence-corrected chi connectivity index (χ3v) is 3.37. The second kappa shape index (κ2) is 4.66. The van der Waals surface area contributed by atoms with Crippen molar-refractivity contribution in [3.63, 3.8) is 0 Å². The predicted molar refractivity (Wildman–Crippen MR) is 69.5 cm³/mol. The van der Waals surface area contributed by atoms with Crippen LogP contribution in [0.1, 0.15) is 11.3 Å². The van der Waals surface area contributed by atoms with Crippen molar-refractivity contribution in [1.29, 1.82) is 5.26 Å². The van der Waals surface area contributed by atoms with Crippen molar-refractivity contribution in [2.75, 3.05) is 0 Å². The summed E-state index contributed by atoms with van der Waals surface area (Å²) in [5.74, 6) is 0. The molecule has 0 bridgehead atoms. The third kappa shape index (κ3) is 2.26. The van der Waals surface area contributed by atoms with Gasteiger partial charge in [-0.3, -0.25) is 0 Å². The van der Waals surface area contributed by atoms with Crippen LogP contribution in [0.3, 0.4) is 0 Å². The van der Waals surface area contributed by atoms with Crippen molar-refractivity contribution in [2.45, 2.75) is 17.0 Å². The average molecular weight is 268 g/mol. The molecule has 6 nitrogen and oxygen atoms in total. The second-order valence-electron chi connectivity index (χ2n) is 3.83. The lowest BCUT2D eigenvalue weighted by atomic mass is 10.2. The zero-order valence-electron chi connectivity index (χ0n) is 9.95. The molecule has 0 radical (unpaired) electrons. The number of nitrogens with zero attached hydrogens (tertiary/aromatic N) is 5. The summed E-state index contributed by atoms with van der Waals surface area (Å²) in [7, 11) is 0. The molecule has 3 heterocycles. The van der Waals surface area contributed by atoms with Crippen molar-refractivity contribution in [2.24, 2.45) is 0 Å². The Kier molecular flexibility index (Phi) is 2.85. The van der Waals surface area contributed by atoms with E-state index in [2.05, 4.69) is 31.0 Å². The number of hydrogen-bond acceptors (Lipinski definition) is 6. The maximum Gasteiger partial charge on any atom is 0.181 e. The van der Waals surface area contributed by atoms with Gasteiger partial charge in [-0.15, -0.1) is 0 Å². The van der Waals surface area contributed by atoms with E-state index in [0.717, 1.165) is 21.3 Å². The fourth-order valence-corrected chi connectivity index (χ4v) is 2.60. The van der Waals surface area contributed by atoms with Crippen LogP contribution in [0.2, 0.25) is 0 Å². The fourth-order valence-electron chi connectivity index (χ4n) is 1.67. The van der Waals surface area contributed by atoms with Crippen LogP contribution in [0.15, 0.2) is 34.8 Å². The topological polar surface area (TPSA) is 91.1 Å². The standard InChI is InChI=1S/C12H8N6S/c1-7-2-8(4-13)3-9(18-7)19-12-10-11(15-5-14-10)16-6-17-12/h2-3,5-6H,1H3,(H,14,15,16,17). The molecule has 0 unspecified atom stereocenters. The molecule has 0 aliphatic rings. The van der Waals surface area contributed by atoms with Crippen LogP contribution in [0.4, 0.5) is 0 Å². The van der Waals surface area contributed by atoms with E-state index in [1.165, 1.54) is 18.1 Å². The van der Waals surface area contributed by atoms with Gasteiger partial charge in [-0.2, -0.15) is 5.26 Å². The van der Waals surface area contributed by atoms with Crippen molar-refractivity contribution in [3.8, 4) is 6.07 Å². The fraction of sp³-hybridized carbons (Fsp3) is 0.0833.